The molecular weight excluding hydrogens is 681 g/mol. The van der Waals surface area contributed by atoms with Gasteiger partial charge < -0.3 is 10.6 Å². The van der Waals surface area contributed by atoms with Crippen molar-refractivity contribution in [2.24, 2.45) is 0 Å². The predicted molar refractivity (Wildman–Crippen MR) is 232 cm³/mol. The molecule has 2 aromatic heterocycles. The number of para-hydroxylation sites is 1. The molecule has 56 heavy (non-hydrogen) atoms. The molecule has 2 atom stereocenters. The number of dihydropyridines is 2. The standard InChI is InChI=1S/C52H38N4/c1-2-14-37(15-3-1)41-18-4-5-19-43(41)52-45-22-13-21-42(51(45)44-20-6-7-23-46(44)56-52)39-17-12-16-38(32-39)35-26-28-36(29-27-35)40-33-49(47-24-8-10-30-53-47)55-50(34-40)48-25-9-11-31-54-48/h1-34,47,50,53,55H. The van der Waals surface area contributed by atoms with E-state index in [9.17, 15) is 0 Å². The van der Waals surface area contributed by atoms with Crippen LogP contribution in [0.2, 0.25) is 0 Å². The van der Waals surface area contributed by atoms with Crippen molar-refractivity contribution < 1.29 is 0 Å². The van der Waals surface area contributed by atoms with Gasteiger partial charge in [0.15, 0.2) is 0 Å². The number of rotatable bonds is 7. The van der Waals surface area contributed by atoms with Gasteiger partial charge in [0.25, 0.3) is 0 Å². The van der Waals surface area contributed by atoms with Crippen molar-refractivity contribution in [3.63, 3.8) is 0 Å². The lowest BCUT2D eigenvalue weighted by molar-refractivity contribution is 0.619. The summed E-state index contributed by atoms with van der Waals surface area (Å²) in [4.78, 5) is 10.0. The summed E-state index contributed by atoms with van der Waals surface area (Å²) in [6.45, 7) is 0. The topological polar surface area (TPSA) is 49.8 Å². The number of hydrogen-bond acceptors (Lipinski definition) is 4. The lowest BCUT2D eigenvalue weighted by Crippen LogP contribution is -2.36. The first-order valence-corrected chi connectivity index (χ1v) is 19.1. The Morgan fingerprint density at radius 1 is 0.500 bits per heavy atom. The van der Waals surface area contributed by atoms with Gasteiger partial charge in [0.2, 0.25) is 0 Å². The molecule has 6 aromatic carbocycles. The Bertz CT molecular complexity index is 2850. The highest BCUT2D eigenvalue weighted by Gasteiger charge is 2.23. The summed E-state index contributed by atoms with van der Waals surface area (Å²) in [5, 5.41) is 10.7. The monoisotopic (exact) mass is 718 g/mol. The normalized spacial score (nSPS) is 16.2. The molecule has 0 saturated heterocycles. The average Bonchev–Trinajstić information content (AvgIpc) is 3.29. The van der Waals surface area contributed by atoms with Crippen LogP contribution in [-0.4, -0.2) is 16.0 Å². The number of nitrogens with one attached hydrogen (secondary N) is 2. The highest BCUT2D eigenvalue weighted by Crippen LogP contribution is 2.42. The largest absolute Gasteiger partial charge is 0.379 e. The Morgan fingerprint density at radius 2 is 1.21 bits per heavy atom. The molecule has 2 unspecified atom stereocenters. The number of nitrogens with zero attached hydrogens (tertiary/aromatic N) is 2. The Labute approximate surface area is 326 Å². The van der Waals surface area contributed by atoms with Crippen LogP contribution >= 0.6 is 0 Å². The van der Waals surface area contributed by atoms with Crippen molar-refractivity contribution in [3.8, 4) is 44.6 Å². The van der Waals surface area contributed by atoms with Crippen LogP contribution in [0, 0.1) is 0 Å². The molecule has 2 aliphatic rings. The minimum Gasteiger partial charge on any atom is -0.379 e. The molecule has 4 heterocycles. The number of fused-ring (bicyclic) bond motifs is 3. The van der Waals surface area contributed by atoms with Gasteiger partial charge >= 0.3 is 0 Å². The van der Waals surface area contributed by atoms with E-state index >= 15 is 0 Å². The maximum absolute atomic E-state index is 5.33. The quantitative estimate of drug-likeness (QED) is 0.161. The van der Waals surface area contributed by atoms with E-state index in [-0.39, 0.29) is 12.1 Å². The zero-order chi connectivity index (χ0) is 37.3. The predicted octanol–water partition coefficient (Wildman–Crippen LogP) is 12.1. The zero-order valence-corrected chi connectivity index (χ0v) is 30.7. The van der Waals surface area contributed by atoms with E-state index in [1.807, 2.05) is 30.6 Å². The fraction of sp³-hybridized carbons (Fsp3) is 0.0385. The molecule has 8 aromatic rings. The Hall–Kier alpha value is -7.30. The molecule has 4 heteroatoms. The van der Waals surface area contributed by atoms with Gasteiger partial charge in [0, 0.05) is 33.6 Å². The first-order valence-electron chi connectivity index (χ1n) is 19.1. The summed E-state index contributed by atoms with van der Waals surface area (Å²) in [6.07, 6.45) is 14.7. The molecule has 0 aliphatic carbocycles. The lowest BCUT2D eigenvalue weighted by atomic mass is 9.89. The van der Waals surface area contributed by atoms with Gasteiger partial charge in [0.05, 0.1) is 29.0 Å². The van der Waals surface area contributed by atoms with Gasteiger partial charge in [-0.1, -0.05) is 152 Å². The average molecular weight is 719 g/mol. The molecule has 0 saturated carbocycles. The van der Waals surface area contributed by atoms with Crippen molar-refractivity contribution in [1.82, 2.24) is 20.6 Å². The SMILES string of the molecule is C1=CNC(C2=CC(c3ccc(-c4cccc(-c5cccc6c(-c7ccccc7-c7ccccc7)nc7ccccc7c56)c4)cc3)=CC(c3ccccn3)N2)C=C1. The molecular formula is C52H38N4. The summed E-state index contributed by atoms with van der Waals surface area (Å²) >= 11 is 0. The molecule has 0 amide bonds. The van der Waals surface area contributed by atoms with Crippen molar-refractivity contribution in [3.05, 3.63) is 224 Å². The van der Waals surface area contributed by atoms with Crippen molar-refractivity contribution in [2.45, 2.75) is 12.1 Å². The van der Waals surface area contributed by atoms with Gasteiger partial charge in [0.1, 0.15) is 0 Å². The first-order chi connectivity index (χ1) is 27.8. The van der Waals surface area contributed by atoms with Gasteiger partial charge in [-0.2, -0.15) is 0 Å². The molecule has 0 radical (unpaired) electrons. The Balaban J connectivity index is 1.04. The fourth-order valence-corrected chi connectivity index (χ4v) is 8.10. The minimum absolute atomic E-state index is 0.0389. The van der Waals surface area contributed by atoms with Gasteiger partial charge in [-0.05, 0) is 93.2 Å². The molecule has 0 spiro atoms. The third kappa shape index (κ3) is 6.27. The van der Waals surface area contributed by atoms with Crippen LogP contribution in [-0.2, 0) is 0 Å². The summed E-state index contributed by atoms with van der Waals surface area (Å²) in [7, 11) is 0. The van der Waals surface area contributed by atoms with Crippen LogP contribution in [0.3, 0.4) is 0 Å². The summed E-state index contributed by atoms with van der Waals surface area (Å²) in [5.74, 6) is 0. The van der Waals surface area contributed by atoms with Crippen LogP contribution in [0.1, 0.15) is 17.3 Å². The molecule has 2 aliphatic heterocycles. The van der Waals surface area contributed by atoms with E-state index in [0.717, 1.165) is 44.5 Å². The van der Waals surface area contributed by atoms with Gasteiger partial charge in [-0.25, -0.2) is 4.98 Å². The van der Waals surface area contributed by atoms with Crippen LogP contribution < -0.4 is 10.6 Å². The Kier molecular flexibility index (Phi) is 8.62. The second-order valence-electron chi connectivity index (χ2n) is 14.3. The minimum atomic E-state index is -0.0389. The highest BCUT2D eigenvalue weighted by atomic mass is 15.0. The molecule has 10 rings (SSSR count). The fourth-order valence-electron chi connectivity index (χ4n) is 8.10. The number of pyridine rings is 2. The van der Waals surface area contributed by atoms with E-state index in [1.54, 1.807) is 0 Å². The number of aromatic nitrogens is 2. The molecule has 0 fully saturated rings. The number of hydrogen-bond donors (Lipinski definition) is 2. The van der Waals surface area contributed by atoms with Crippen LogP contribution in [0.5, 0.6) is 0 Å². The zero-order valence-electron chi connectivity index (χ0n) is 30.7. The summed E-state index contributed by atoms with van der Waals surface area (Å²) in [6, 6.07) is 58.4. The van der Waals surface area contributed by atoms with E-state index in [0.29, 0.717) is 0 Å². The third-order valence-electron chi connectivity index (χ3n) is 10.8. The number of allylic oxidation sites excluding steroid dienone is 4. The van der Waals surface area contributed by atoms with E-state index < -0.39 is 0 Å². The van der Waals surface area contributed by atoms with Crippen LogP contribution in [0.25, 0.3) is 71.9 Å². The van der Waals surface area contributed by atoms with Crippen LogP contribution in [0.4, 0.5) is 0 Å². The van der Waals surface area contributed by atoms with Crippen molar-refractivity contribution in [1.29, 1.82) is 0 Å². The van der Waals surface area contributed by atoms with Crippen molar-refractivity contribution >= 4 is 27.2 Å². The smallest absolute Gasteiger partial charge is 0.0877 e. The first kappa shape index (κ1) is 33.3. The second-order valence-corrected chi connectivity index (χ2v) is 14.3. The van der Waals surface area contributed by atoms with E-state index in [2.05, 4.69) is 192 Å². The van der Waals surface area contributed by atoms with Crippen LogP contribution in [0.15, 0.2) is 212 Å². The van der Waals surface area contributed by atoms with E-state index in [1.165, 1.54) is 44.3 Å². The number of benzene rings is 6. The van der Waals surface area contributed by atoms with Gasteiger partial charge in [-0.3, -0.25) is 4.98 Å². The molecule has 2 N–H and O–H groups in total. The van der Waals surface area contributed by atoms with E-state index in [4.69, 9.17) is 4.98 Å². The summed E-state index contributed by atoms with van der Waals surface area (Å²) < 4.78 is 0. The Morgan fingerprint density at radius 3 is 2.05 bits per heavy atom. The molecule has 4 nitrogen and oxygen atoms in total. The third-order valence-corrected chi connectivity index (χ3v) is 10.8. The lowest BCUT2D eigenvalue weighted by Gasteiger charge is -2.29. The molecule has 266 valence electrons. The maximum Gasteiger partial charge on any atom is 0.0877 e. The summed E-state index contributed by atoms with van der Waals surface area (Å²) in [5.41, 5.74) is 14.6. The molecule has 0 bridgehead atoms. The maximum atomic E-state index is 5.33. The highest BCUT2D eigenvalue weighted by molar-refractivity contribution is 6.17. The van der Waals surface area contributed by atoms with Crippen molar-refractivity contribution in [2.75, 3.05) is 0 Å². The van der Waals surface area contributed by atoms with Gasteiger partial charge in [-0.15, -0.1) is 0 Å². The second kappa shape index (κ2) is 14.5.